The van der Waals surface area contributed by atoms with Crippen LogP contribution in [-0.4, -0.2) is 57.8 Å². The average Bonchev–Trinajstić information content (AvgIpc) is 3.17. The van der Waals surface area contributed by atoms with Gasteiger partial charge in [0.25, 0.3) is 0 Å². The summed E-state index contributed by atoms with van der Waals surface area (Å²) in [5.41, 5.74) is 7.20. The van der Waals surface area contributed by atoms with Gasteiger partial charge in [-0.25, -0.2) is 0 Å². The Balaban J connectivity index is -0.000000500. The molecular formula is C45H76N6O. The zero-order chi connectivity index (χ0) is 41.1. The van der Waals surface area contributed by atoms with Crippen molar-refractivity contribution in [3.63, 3.8) is 0 Å². The first-order valence-electron chi connectivity index (χ1n) is 19.6. The van der Waals surface area contributed by atoms with Gasteiger partial charge in [0, 0.05) is 84.7 Å². The molecule has 0 aliphatic carbocycles. The van der Waals surface area contributed by atoms with E-state index in [0.717, 1.165) is 73.6 Å². The molecule has 1 amide bonds. The summed E-state index contributed by atoms with van der Waals surface area (Å²) in [6.45, 7) is 35.4. The Labute approximate surface area is 321 Å². The molecule has 0 saturated carbocycles. The van der Waals surface area contributed by atoms with Crippen molar-refractivity contribution in [2.45, 2.75) is 149 Å². The Hall–Kier alpha value is -4.23. The highest BCUT2D eigenvalue weighted by Crippen LogP contribution is 2.26. The van der Waals surface area contributed by atoms with E-state index in [-0.39, 0.29) is 11.9 Å². The Kier molecular flexibility index (Phi) is 38.3. The maximum atomic E-state index is 12.7. The van der Waals surface area contributed by atoms with Gasteiger partial charge in [0.2, 0.25) is 5.91 Å². The molecule has 7 nitrogen and oxygen atoms in total. The number of terminal acetylenes is 1. The third-order valence-electron chi connectivity index (χ3n) is 7.37. The predicted molar refractivity (Wildman–Crippen MR) is 231 cm³/mol. The number of nitriles is 1. The highest BCUT2D eigenvalue weighted by Gasteiger charge is 2.29. The van der Waals surface area contributed by atoms with Crippen LogP contribution in [0.5, 0.6) is 0 Å². The second kappa shape index (κ2) is 36.6. The molecule has 1 aliphatic heterocycles. The Morgan fingerprint density at radius 1 is 1.04 bits per heavy atom. The zero-order valence-electron chi connectivity index (χ0n) is 36.2. The van der Waals surface area contributed by atoms with Gasteiger partial charge in [0.15, 0.2) is 0 Å². The van der Waals surface area contributed by atoms with Crippen LogP contribution in [0.25, 0.3) is 0 Å². The minimum atomic E-state index is 0.176. The fourth-order valence-corrected chi connectivity index (χ4v) is 5.16. The summed E-state index contributed by atoms with van der Waals surface area (Å²) in [6, 6.07) is 5.82. The lowest BCUT2D eigenvalue weighted by Gasteiger charge is -2.42. The molecule has 52 heavy (non-hydrogen) atoms. The number of aromatic nitrogens is 1. The van der Waals surface area contributed by atoms with E-state index in [1.54, 1.807) is 12.3 Å². The summed E-state index contributed by atoms with van der Waals surface area (Å²) in [7, 11) is 0. The number of piperazine rings is 1. The summed E-state index contributed by atoms with van der Waals surface area (Å²) in [6.07, 6.45) is 24.1. The van der Waals surface area contributed by atoms with E-state index < -0.39 is 0 Å². The second-order valence-corrected chi connectivity index (χ2v) is 11.5. The van der Waals surface area contributed by atoms with Crippen molar-refractivity contribution in [2.24, 2.45) is 15.9 Å². The van der Waals surface area contributed by atoms with Crippen LogP contribution in [0.2, 0.25) is 0 Å². The van der Waals surface area contributed by atoms with Crippen LogP contribution in [-0.2, 0) is 11.2 Å². The predicted octanol–water partition coefficient (Wildman–Crippen LogP) is 11.8. The Morgan fingerprint density at radius 2 is 1.65 bits per heavy atom. The molecule has 0 N–H and O–H groups in total. The van der Waals surface area contributed by atoms with E-state index >= 15 is 0 Å². The van der Waals surface area contributed by atoms with Crippen molar-refractivity contribution in [3.05, 3.63) is 77.1 Å². The van der Waals surface area contributed by atoms with Gasteiger partial charge < -0.3 is 9.80 Å². The van der Waals surface area contributed by atoms with Crippen molar-refractivity contribution < 1.29 is 4.79 Å². The van der Waals surface area contributed by atoms with Gasteiger partial charge in [-0.05, 0) is 71.9 Å². The van der Waals surface area contributed by atoms with E-state index in [9.17, 15) is 4.79 Å². The summed E-state index contributed by atoms with van der Waals surface area (Å²) in [5.74, 6) is 0.648. The van der Waals surface area contributed by atoms with Crippen LogP contribution in [0.4, 0.5) is 0 Å². The van der Waals surface area contributed by atoms with Gasteiger partial charge in [-0.3, -0.25) is 19.8 Å². The lowest BCUT2D eigenvalue weighted by molar-refractivity contribution is -0.136. The van der Waals surface area contributed by atoms with Crippen molar-refractivity contribution in [1.82, 2.24) is 14.8 Å². The Morgan fingerprint density at radius 3 is 2.12 bits per heavy atom. The molecule has 2 rings (SSSR count). The molecular weight excluding hydrogens is 641 g/mol. The highest BCUT2D eigenvalue weighted by molar-refractivity contribution is 6.16. The van der Waals surface area contributed by atoms with Crippen molar-refractivity contribution in [3.8, 4) is 18.9 Å². The van der Waals surface area contributed by atoms with E-state index in [4.69, 9.17) is 15.2 Å². The van der Waals surface area contributed by atoms with Crippen LogP contribution in [0, 0.1) is 30.1 Å². The maximum Gasteiger partial charge on any atom is 0.223 e. The van der Waals surface area contributed by atoms with Crippen LogP contribution in [0.3, 0.4) is 0 Å². The summed E-state index contributed by atoms with van der Waals surface area (Å²) < 4.78 is 0. The molecule has 1 unspecified atom stereocenters. The largest absolute Gasteiger partial charge is 0.371 e. The van der Waals surface area contributed by atoms with Crippen LogP contribution in [0.1, 0.15) is 148 Å². The monoisotopic (exact) mass is 717 g/mol. The van der Waals surface area contributed by atoms with Gasteiger partial charge in [0.05, 0.1) is 11.6 Å². The normalized spacial score (nSPS) is 14.9. The molecule has 7 heteroatoms. The highest BCUT2D eigenvalue weighted by atomic mass is 16.2. The van der Waals surface area contributed by atoms with E-state index in [1.807, 2.05) is 73.0 Å². The first-order chi connectivity index (χ1) is 25.1. The number of allylic oxidation sites excluding steroid dienone is 6. The number of carbonyl (C=O) groups is 1. The van der Waals surface area contributed by atoms with E-state index in [1.165, 1.54) is 5.70 Å². The number of nitrogens with zero attached hydrogens (tertiary/aromatic N) is 6. The van der Waals surface area contributed by atoms with E-state index in [0.29, 0.717) is 17.9 Å². The van der Waals surface area contributed by atoms with Crippen LogP contribution >= 0.6 is 0 Å². The number of aliphatic imine (C=N–C) groups is 2. The number of hydrogen-bond acceptors (Lipinski definition) is 6. The van der Waals surface area contributed by atoms with Crippen LogP contribution < -0.4 is 0 Å². The van der Waals surface area contributed by atoms with Gasteiger partial charge in [-0.15, -0.1) is 12.8 Å². The quantitative estimate of drug-likeness (QED) is 0.122. The van der Waals surface area contributed by atoms with Crippen molar-refractivity contribution in [2.75, 3.05) is 19.6 Å². The fourth-order valence-electron chi connectivity index (χ4n) is 5.16. The molecule has 1 saturated heterocycles. The molecule has 0 radical (unpaired) electrons. The zero-order valence-corrected chi connectivity index (χ0v) is 36.2. The number of hydrogen-bond donors (Lipinski definition) is 0. The van der Waals surface area contributed by atoms with E-state index in [2.05, 4.69) is 108 Å². The van der Waals surface area contributed by atoms with Gasteiger partial charge in [-0.1, -0.05) is 101 Å². The number of rotatable bonds is 12. The third kappa shape index (κ3) is 21.9. The lowest BCUT2D eigenvalue weighted by Crippen LogP contribution is -2.53. The summed E-state index contributed by atoms with van der Waals surface area (Å²) in [5, 5.41) is 8.55. The smallest absolute Gasteiger partial charge is 0.223 e. The molecule has 2 heterocycles. The fraction of sp³-hybridized carbons (Fsp3) is 0.578. The first kappa shape index (κ1) is 54.5. The molecule has 0 bridgehead atoms. The third-order valence-corrected chi connectivity index (χ3v) is 7.37. The van der Waals surface area contributed by atoms with Crippen molar-refractivity contribution in [1.29, 1.82) is 5.26 Å². The molecule has 292 valence electrons. The molecule has 1 aliphatic rings. The SMILES string of the molecule is C#C.CC.CC.CC.CCCc1cc(C#N)ccn1.C\C=C/N=C(CC)/C(=C/C)C(/C(C)=N/C=C/CC)=C(/C)N1CCN(C(=O)CC(C)C)C(C)C1. The average molecular weight is 717 g/mol. The number of amides is 1. The second-order valence-electron chi connectivity index (χ2n) is 11.5. The summed E-state index contributed by atoms with van der Waals surface area (Å²) >= 11 is 0. The van der Waals surface area contributed by atoms with Gasteiger partial charge in [-0.2, -0.15) is 5.26 Å². The first-order valence-corrected chi connectivity index (χ1v) is 19.6. The number of pyridine rings is 1. The molecule has 1 atom stereocenters. The molecule has 1 fully saturated rings. The lowest BCUT2D eigenvalue weighted by atomic mass is 9.93. The maximum absolute atomic E-state index is 12.7. The van der Waals surface area contributed by atoms with Gasteiger partial charge in [0.1, 0.15) is 0 Å². The molecule has 0 spiro atoms. The number of carbonyl (C=O) groups excluding carboxylic acids is 1. The topological polar surface area (TPSA) is 84.9 Å². The number of aryl methyl sites for hydroxylation is 1. The minimum absolute atomic E-state index is 0.176. The summed E-state index contributed by atoms with van der Waals surface area (Å²) in [4.78, 5) is 30.8. The Bertz CT molecular complexity index is 1320. The van der Waals surface area contributed by atoms with Crippen LogP contribution in [0.15, 0.2) is 75.8 Å². The van der Waals surface area contributed by atoms with Crippen molar-refractivity contribution >= 4 is 17.3 Å². The van der Waals surface area contributed by atoms with Gasteiger partial charge >= 0.3 is 0 Å². The molecule has 1 aromatic rings. The standard InChI is InChI=1S/C28H46N4O.C9H10N2.3C2H6.C2H2/c1-10-14-16-29-23(8)28(25(12-3)26(13-4)30-15-11-2)24(9)31-17-18-32(22(7)20-31)27(33)19-21(5)6;1-2-3-9-6-8(7-10)4-5-11-9;4*1-2/h11-12,14-16,21-22H,10,13,17-20H2,1-9H3;4-6H,2-3H2,1H3;3*1-2H3;1-2H/b15-11-,16-14+,25-12-,28-24-,29-23+,30-26+;;;;;. The minimum Gasteiger partial charge on any atom is -0.371 e. The molecule has 1 aromatic heterocycles. The molecule has 0 aromatic carbocycles.